The van der Waals surface area contributed by atoms with Crippen molar-refractivity contribution in [1.82, 2.24) is 14.8 Å². The fraction of sp³-hybridized carbons (Fsp3) is 0.567. The molecule has 1 atom stereocenters. The van der Waals surface area contributed by atoms with Crippen LogP contribution in [-0.4, -0.2) is 59.8 Å². The van der Waals surface area contributed by atoms with Gasteiger partial charge in [0.15, 0.2) is 0 Å². The van der Waals surface area contributed by atoms with Crippen LogP contribution in [0.25, 0.3) is 0 Å². The van der Waals surface area contributed by atoms with E-state index in [0.29, 0.717) is 6.42 Å². The molecule has 6 heteroatoms. The van der Waals surface area contributed by atoms with Gasteiger partial charge in [0.2, 0.25) is 5.91 Å². The maximum absolute atomic E-state index is 13.5. The minimum Gasteiger partial charge on any atom is -0.371 e. The number of fused-ring (bicyclic) bond motifs is 1. The Labute approximate surface area is 216 Å². The Morgan fingerprint density at radius 3 is 2.22 bits per heavy atom. The molecule has 1 aromatic heterocycles. The number of aromatic nitrogens is 1. The highest BCUT2D eigenvalue weighted by atomic mass is 16.2. The van der Waals surface area contributed by atoms with Gasteiger partial charge in [0.25, 0.3) is 5.91 Å². The number of anilines is 1. The molecule has 2 aliphatic rings. The van der Waals surface area contributed by atoms with Crippen molar-refractivity contribution in [3.05, 3.63) is 58.4 Å². The van der Waals surface area contributed by atoms with Crippen molar-refractivity contribution in [3.8, 4) is 0 Å². The number of hydrogen-bond acceptors (Lipinski definition) is 4. The molecule has 0 spiro atoms. The maximum atomic E-state index is 13.5. The van der Waals surface area contributed by atoms with Gasteiger partial charge >= 0.3 is 0 Å². The highest BCUT2D eigenvalue weighted by molar-refractivity contribution is 5.94. The number of carbonyl (C=O) groups excluding carboxylic acids is 2. The minimum atomic E-state index is -0.0437. The van der Waals surface area contributed by atoms with Crippen molar-refractivity contribution >= 4 is 17.5 Å². The maximum Gasteiger partial charge on any atom is 0.253 e. The van der Waals surface area contributed by atoms with Crippen molar-refractivity contribution in [2.24, 2.45) is 5.41 Å². The molecule has 2 amide bonds. The average Bonchev–Trinajstić information content (AvgIpc) is 3.24. The Kier molecular flexibility index (Phi) is 7.44. The van der Waals surface area contributed by atoms with Crippen molar-refractivity contribution < 1.29 is 9.59 Å². The molecule has 6 nitrogen and oxygen atoms in total. The van der Waals surface area contributed by atoms with Gasteiger partial charge in [-0.15, -0.1) is 0 Å². The molecule has 194 valence electrons. The monoisotopic (exact) mass is 490 g/mol. The Balaban J connectivity index is 1.42. The van der Waals surface area contributed by atoms with Crippen molar-refractivity contribution in [1.29, 1.82) is 0 Å². The second-order valence-corrected chi connectivity index (χ2v) is 12.0. The van der Waals surface area contributed by atoms with E-state index in [2.05, 4.69) is 48.9 Å². The molecule has 1 aromatic carbocycles. The molecule has 1 fully saturated rings. The van der Waals surface area contributed by atoms with Crippen LogP contribution in [0.4, 0.5) is 5.69 Å². The van der Waals surface area contributed by atoms with Gasteiger partial charge in [0.1, 0.15) is 0 Å². The molecule has 4 rings (SSSR count). The predicted octanol–water partition coefficient (Wildman–Crippen LogP) is 5.32. The topological polar surface area (TPSA) is 56.8 Å². The third-order valence-electron chi connectivity index (χ3n) is 7.75. The first-order valence-electron chi connectivity index (χ1n) is 13.3. The standard InChI is InChI=1S/C30H42N4O2/c1-20-16-25(17-21(2)31-20)34-14-12-24(13-15-34)32(6)29(36)23-9-8-22-10-11-27(26(22)18-23)33(7)28(35)19-30(3,4)5/h8-9,16-18,24,27H,10-15,19H2,1-7H3. The van der Waals surface area contributed by atoms with Crippen LogP contribution < -0.4 is 4.90 Å². The van der Waals surface area contributed by atoms with Gasteiger partial charge in [-0.25, -0.2) is 0 Å². The third kappa shape index (κ3) is 5.74. The number of hydrogen-bond donors (Lipinski definition) is 0. The van der Waals surface area contributed by atoms with Crippen molar-refractivity contribution in [2.45, 2.75) is 78.8 Å². The molecule has 2 aromatic rings. The summed E-state index contributed by atoms with van der Waals surface area (Å²) in [4.78, 5) is 37.1. The molecule has 0 saturated carbocycles. The summed E-state index contributed by atoms with van der Waals surface area (Å²) >= 11 is 0. The lowest BCUT2D eigenvalue weighted by atomic mass is 9.91. The van der Waals surface area contributed by atoms with E-state index in [-0.39, 0.29) is 29.3 Å². The molecule has 1 unspecified atom stereocenters. The van der Waals surface area contributed by atoms with Crippen LogP contribution in [0.5, 0.6) is 0 Å². The fourth-order valence-electron chi connectivity index (χ4n) is 5.74. The van der Waals surface area contributed by atoms with E-state index in [1.54, 1.807) is 0 Å². The zero-order chi connectivity index (χ0) is 26.2. The number of aryl methyl sites for hydroxylation is 3. The largest absolute Gasteiger partial charge is 0.371 e. The van der Waals surface area contributed by atoms with Crippen LogP contribution in [0.3, 0.4) is 0 Å². The number of benzene rings is 1. The molecule has 36 heavy (non-hydrogen) atoms. The minimum absolute atomic E-state index is 0.0437. The summed E-state index contributed by atoms with van der Waals surface area (Å²) < 4.78 is 0. The van der Waals surface area contributed by atoms with E-state index >= 15 is 0 Å². The molecule has 1 aliphatic heterocycles. The van der Waals surface area contributed by atoms with E-state index in [1.165, 1.54) is 11.3 Å². The highest BCUT2D eigenvalue weighted by Gasteiger charge is 2.32. The molecule has 0 radical (unpaired) electrons. The number of carbonyl (C=O) groups is 2. The first-order valence-corrected chi connectivity index (χ1v) is 13.3. The van der Waals surface area contributed by atoms with Gasteiger partial charge in [0.05, 0.1) is 6.04 Å². The Bertz CT molecular complexity index is 1110. The Morgan fingerprint density at radius 2 is 1.61 bits per heavy atom. The summed E-state index contributed by atoms with van der Waals surface area (Å²) in [6.07, 6.45) is 4.28. The Morgan fingerprint density at radius 1 is 0.972 bits per heavy atom. The van der Waals surface area contributed by atoms with Crippen molar-refractivity contribution in [3.63, 3.8) is 0 Å². The number of piperidine rings is 1. The van der Waals surface area contributed by atoms with Crippen LogP contribution in [0.1, 0.15) is 85.4 Å². The molecule has 1 saturated heterocycles. The molecular formula is C30H42N4O2. The van der Waals surface area contributed by atoms with Gasteiger partial charge in [-0.2, -0.15) is 0 Å². The van der Waals surface area contributed by atoms with E-state index in [1.807, 2.05) is 49.9 Å². The van der Waals surface area contributed by atoms with Crippen LogP contribution in [0.15, 0.2) is 30.3 Å². The number of nitrogens with zero attached hydrogens (tertiary/aromatic N) is 4. The Hall–Kier alpha value is -2.89. The van der Waals surface area contributed by atoms with Crippen LogP contribution >= 0.6 is 0 Å². The van der Waals surface area contributed by atoms with Gasteiger partial charge in [0, 0.05) is 62.3 Å². The summed E-state index contributed by atoms with van der Waals surface area (Å²) in [6.45, 7) is 12.2. The molecule has 2 heterocycles. The predicted molar refractivity (Wildman–Crippen MR) is 145 cm³/mol. The third-order valence-corrected chi connectivity index (χ3v) is 7.75. The van der Waals surface area contributed by atoms with Crippen molar-refractivity contribution in [2.75, 3.05) is 32.1 Å². The lowest BCUT2D eigenvalue weighted by Gasteiger charge is -2.38. The number of rotatable bonds is 5. The normalized spacial score (nSPS) is 18.2. The average molecular weight is 491 g/mol. The second-order valence-electron chi connectivity index (χ2n) is 12.0. The molecule has 1 aliphatic carbocycles. The lowest BCUT2D eigenvalue weighted by molar-refractivity contribution is -0.134. The molecule has 0 N–H and O–H groups in total. The van der Waals surface area contributed by atoms with Gasteiger partial charge in [-0.3, -0.25) is 14.6 Å². The highest BCUT2D eigenvalue weighted by Crippen LogP contribution is 2.37. The summed E-state index contributed by atoms with van der Waals surface area (Å²) in [5.41, 5.74) is 6.38. The summed E-state index contributed by atoms with van der Waals surface area (Å²) in [6, 6.07) is 10.7. The van der Waals surface area contributed by atoms with E-state index < -0.39 is 0 Å². The first kappa shape index (κ1) is 26.2. The zero-order valence-electron chi connectivity index (χ0n) is 23.1. The summed E-state index contributed by atoms with van der Waals surface area (Å²) in [5.74, 6) is 0.238. The van der Waals surface area contributed by atoms with E-state index in [9.17, 15) is 9.59 Å². The number of amides is 2. The van der Waals surface area contributed by atoms with Gasteiger partial charge in [-0.05, 0) is 80.3 Å². The van der Waals surface area contributed by atoms with Crippen LogP contribution in [0.2, 0.25) is 0 Å². The first-order chi connectivity index (χ1) is 16.9. The van der Waals surface area contributed by atoms with Gasteiger partial charge < -0.3 is 14.7 Å². The van der Waals surface area contributed by atoms with Crippen LogP contribution in [0, 0.1) is 19.3 Å². The summed E-state index contributed by atoms with van der Waals surface area (Å²) in [7, 11) is 3.85. The lowest BCUT2D eigenvalue weighted by Crippen LogP contribution is -2.45. The summed E-state index contributed by atoms with van der Waals surface area (Å²) in [5, 5.41) is 0. The molecular weight excluding hydrogens is 448 g/mol. The van der Waals surface area contributed by atoms with E-state index in [0.717, 1.165) is 61.3 Å². The second kappa shape index (κ2) is 10.2. The zero-order valence-corrected chi connectivity index (χ0v) is 23.1. The van der Waals surface area contributed by atoms with Gasteiger partial charge in [-0.1, -0.05) is 26.8 Å². The van der Waals surface area contributed by atoms with Crippen LogP contribution in [-0.2, 0) is 11.2 Å². The molecule has 0 bridgehead atoms. The van der Waals surface area contributed by atoms with E-state index in [4.69, 9.17) is 0 Å². The SMILES string of the molecule is Cc1cc(N2CCC(N(C)C(=O)c3ccc4c(c3)C(N(C)C(=O)CC(C)(C)C)CC4)CC2)cc(C)n1. The smallest absolute Gasteiger partial charge is 0.253 e. The fourth-order valence-corrected chi connectivity index (χ4v) is 5.74. The quantitative estimate of drug-likeness (QED) is 0.569. The number of pyridine rings is 1.